The second-order valence-corrected chi connectivity index (χ2v) is 8.08. The number of anilines is 1. The number of ether oxygens (including phenoxy) is 2. The lowest BCUT2D eigenvalue weighted by Gasteiger charge is -2.13. The van der Waals surface area contributed by atoms with Gasteiger partial charge in [0, 0.05) is 28.9 Å². The number of aromatic nitrogens is 3. The Morgan fingerprint density at radius 2 is 1.81 bits per heavy atom. The normalized spacial score (nSPS) is 10.6. The van der Waals surface area contributed by atoms with Gasteiger partial charge in [-0.15, -0.1) is 0 Å². The van der Waals surface area contributed by atoms with E-state index in [2.05, 4.69) is 20.3 Å². The number of hydrogen-bond donors (Lipinski definition) is 1. The van der Waals surface area contributed by atoms with Crippen LogP contribution in [-0.4, -0.2) is 34.6 Å². The lowest BCUT2D eigenvalue weighted by molar-refractivity contribution is -0.118. The fourth-order valence-electron chi connectivity index (χ4n) is 2.92. The second kappa shape index (κ2) is 10.3. The van der Waals surface area contributed by atoms with E-state index in [-0.39, 0.29) is 12.5 Å². The number of carbonyl (C=O) groups excluding carboxylic acids is 1. The number of hydrogen-bond acceptors (Lipinski definition) is 7. The summed E-state index contributed by atoms with van der Waals surface area (Å²) in [6, 6.07) is 9.50. The molecule has 3 rings (SSSR count). The van der Waals surface area contributed by atoms with Crippen molar-refractivity contribution >= 4 is 23.4 Å². The average molecular weight is 439 g/mol. The number of rotatable bonds is 8. The predicted octanol–water partition coefficient (Wildman–Crippen LogP) is 4.42. The first-order valence-corrected chi connectivity index (χ1v) is 10.8. The van der Waals surface area contributed by atoms with Crippen LogP contribution in [0.5, 0.6) is 11.5 Å². The molecule has 0 saturated heterocycles. The van der Waals surface area contributed by atoms with E-state index in [0.717, 1.165) is 33.9 Å². The molecule has 1 aromatic carbocycles. The summed E-state index contributed by atoms with van der Waals surface area (Å²) in [5.74, 6) is 1.26. The predicted molar refractivity (Wildman–Crippen MR) is 122 cm³/mol. The number of methoxy groups -OCH3 is 1. The summed E-state index contributed by atoms with van der Waals surface area (Å²) in [5, 5.41) is 3.59. The van der Waals surface area contributed by atoms with E-state index in [1.807, 2.05) is 52.0 Å². The summed E-state index contributed by atoms with van der Waals surface area (Å²) in [5.41, 5.74) is 5.56. The maximum atomic E-state index is 12.4. The van der Waals surface area contributed by atoms with Crippen molar-refractivity contribution in [2.24, 2.45) is 0 Å². The summed E-state index contributed by atoms with van der Waals surface area (Å²) in [6.07, 6.45) is 1.59. The van der Waals surface area contributed by atoms with E-state index in [1.54, 1.807) is 12.3 Å². The first kappa shape index (κ1) is 22.6. The molecule has 31 heavy (non-hydrogen) atoms. The molecule has 0 aliphatic heterocycles. The fraction of sp³-hybridized carbons (Fsp3) is 0.304. The van der Waals surface area contributed by atoms with Crippen molar-refractivity contribution in [1.29, 1.82) is 0 Å². The Bertz CT molecular complexity index is 1070. The number of nitrogens with zero attached hydrogens (tertiary/aromatic N) is 3. The molecule has 0 aliphatic carbocycles. The van der Waals surface area contributed by atoms with Crippen molar-refractivity contribution in [3.8, 4) is 11.5 Å². The van der Waals surface area contributed by atoms with Crippen molar-refractivity contribution in [1.82, 2.24) is 15.0 Å². The maximum Gasteiger partial charge on any atom is 0.262 e. The van der Waals surface area contributed by atoms with Gasteiger partial charge in [0.25, 0.3) is 5.91 Å². The molecule has 1 N–H and O–H groups in total. The van der Waals surface area contributed by atoms with Crippen LogP contribution >= 0.6 is 11.8 Å². The van der Waals surface area contributed by atoms with Crippen LogP contribution < -0.4 is 14.8 Å². The molecule has 162 valence electrons. The zero-order valence-corrected chi connectivity index (χ0v) is 19.2. The molecule has 1 amide bonds. The number of pyridine rings is 1. The molecule has 3 aromatic rings. The van der Waals surface area contributed by atoms with Crippen LogP contribution in [0.1, 0.15) is 28.2 Å². The largest absolute Gasteiger partial charge is 0.491 e. The Labute approximate surface area is 186 Å². The van der Waals surface area contributed by atoms with Crippen LogP contribution in [0.25, 0.3) is 0 Å². The van der Waals surface area contributed by atoms with Gasteiger partial charge in [0.15, 0.2) is 23.3 Å². The van der Waals surface area contributed by atoms with Crippen molar-refractivity contribution in [3.05, 3.63) is 64.7 Å². The Kier molecular flexibility index (Phi) is 7.46. The van der Waals surface area contributed by atoms with Crippen molar-refractivity contribution in [3.63, 3.8) is 0 Å². The standard InChI is InChI=1S/C23H26N4O3S/c1-14-7-6-8-19(17(14)4)27-22(28)12-30-20-10-18(24-11-21(20)29-5)13-31-23-25-15(2)9-16(3)26-23/h6-11H,12-13H2,1-5H3,(H,27,28). The Balaban J connectivity index is 1.64. The summed E-state index contributed by atoms with van der Waals surface area (Å²) < 4.78 is 11.1. The molecule has 0 aliphatic rings. The van der Waals surface area contributed by atoms with E-state index < -0.39 is 0 Å². The molecule has 0 unspecified atom stereocenters. The zero-order chi connectivity index (χ0) is 22.4. The minimum Gasteiger partial charge on any atom is -0.491 e. The highest BCUT2D eigenvalue weighted by atomic mass is 32.2. The third-order valence-corrected chi connectivity index (χ3v) is 5.54. The van der Waals surface area contributed by atoms with E-state index in [4.69, 9.17) is 9.47 Å². The maximum absolute atomic E-state index is 12.4. The molecule has 0 saturated carbocycles. The minimum atomic E-state index is -0.243. The van der Waals surface area contributed by atoms with Crippen LogP contribution in [0.3, 0.4) is 0 Å². The fourth-order valence-corrected chi connectivity index (χ4v) is 3.77. The van der Waals surface area contributed by atoms with Gasteiger partial charge in [-0.25, -0.2) is 9.97 Å². The summed E-state index contributed by atoms with van der Waals surface area (Å²) in [4.78, 5) is 25.7. The van der Waals surface area contributed by atoms with Crippen molar-refractivity contribution in [2.75, 3.05) is 19.0 Å². The van der Waals surface area contributed by atoms with Gasteiger partial charge >= 0.3 is 0 Å². The third-order valence-electron chi connectivity index (χ3n) is 4.66. The Hall–Kier alpha value is -3.13. The van der Waals surface area contributed by atoms with Gasteiger partial charge in [-0.2, -0.15) is 0 Å². The molecule has 2 heterocycles. The molecular weight excluding hydrogens is 412 g/mol. The minimum absolute atomic E-state index is 0.138. The molecule has 0 atom stereocenters. The van der Waals surface area contributed by atoms with E-state index in [1.165, 1.54) is 18.9 Å². The lowest BCUT2D eigenvalue weighted by atomic mass is 10.1. The molecule has 2 aromatic heterocycles. The number of aryl methyl sites for hydroxylation is 3. The number of thioether (sulfide) groups is 1. The van der Waals surface area contributed by atoms with Gasteiger partial charge < -0.3 is 14.8 Å². The molecule has 0 spiro atoms. The molecule has 8 heteroatoms. The van der Waals surface area contributed by atoms with Gasteiger partial charge in [0.05, 0.1) is 19.0 Å². The number of benzene rings is 1. The highest BCUT2D eigenvalue weighted by Crippen LogP contribution is 2.29. The lowest BCUT2D eigenvalue weighted by Crippen LogP contribution is -2.21. The Morgan fingerprint density at radius 1 is 1.06 bits per heavy atom. The van der Waals surface area contributed by atoms with E-state index in [0.29, 0.717) is 22.4 Å². The topological polar surface area (TPSA) is 86.2 Å². The van der Waals surface area contributed by atoms with Crippen LogP contribution in [0.2, 0.25) is 0 Å². The quantitative estimate of drug-likeness (QED) is 0.411. The van der Waals surface area contributed by atoms with E-state index >= 15 is 0 Å². The van der Waals surface area contributed by atoms with Gasteiger partial charge in [0.2, 0.25) is 0 Å². The molecule has 0 fully saturated rings. The number of carbonyl (C=O) groups is 1. The SMILES string of the molecule is COc1cnc(CSc2nc(C)cc(C)n2)cc1OCC(=O)Nc1cccc(C)c1C. The van der Waals surface area contributed by atoms with Gasteiger partial charge in [-0.05, 0) is 51.0 Å². The van der Waals surface area contributed by atoms with Crippen molar-refractivity contribution < 1.29 is 14.3 Å². The third kappa shape index (κ3) is 6.18. The van der Waals surface area contributed by atoms with Crippen LogP contribution in [-0.2, 0) is 10.5 Å². The molecule has 0 radical (unpaired) electrons. The second-order valence-electron chi connectivity index (χ2n) is 7.13. The average Bonchev–Trinajstić information content (AvgIpc) is 2.73. The monoisotopic (exact) mass is 438 g/mol. The highest BCUT2D eigenvalue weighted by molar-refractivity contribution is 7.98. The van der Waals surface area contributed by atoms with Crippen molar-refractivity contribution in [2.45, 2.75) is 38.6 Å². The first-order valence-electron chi connectivity index (χ1n) is 9.82. The Morgan fingerprint density at radius 3 is 2.52 bits per heavy atom. The molecule has 7 nitrogen and oxygen atoms in total. The van der Waals surface area contributed by atoms with Crippen LogP contribution in [0, 0.1) is 27.7 Å². The van der Waals surface area contributed by atoms with Crippen LogP contribution in [0.15, 0.2) is 41.7 Å². The smallest absolute Gasteiger partial charge is 0.262 e. The summed E-state index contributed by atoms with van der Waals surface area (Å²) in [7, 11) is 1.54. The van der Waals surface area contributed by atoms with Gasteiger partial charge in [-0.3, -0.25) is 9.78 Å². The summed E-state index contributed by atoms with van der Waals surface area (Å²) in [6.45, 7) is 7.73. The van der Waals surface area contributed by atoms with Crippen LogP contribution in [0.4, 0.5) is 5.69 Å². The van der Waals surface area contributed by atoms with Gasteiger partial charge in [-0.1, -0.05) is 23.9 Å². The highest BCUT2D eigenvalue weighted by Gasteiger charge is 2.12. The first-order chi connectivity index (χ1) is 14.9. The number of nitrogens with one attached hydrogen (secondary N) is 1. The molecule has 0 bridgehead atoms. The summed E-state index contributed by atoms with van der Waals surface area (Å²) >= 11 is 1.49. The zero-order valence-electron chi connectivity index (χ0n) is 18.4. The number of amides is 1. The van der Waals surface area contributed by atoms with Gasteiger partial charge in [0.1, 0.15) is 0 Å². The van der Waals surface area contributed by atoms with E-state index in [9.17, 15) is 4.79 Å². The molecular formula is C23H26N4O3S.